The molecule has 0 aliphatic heterocycles. The number of rotatable bonds is 3. The van der Waals surface area contributed by atoms with Crippen LogP contribution in [-0.4, -0.2) is 20.7 Å². The molecule has 2 heterocycles. The molecular formula is C20H15ClFN5O. The van der Waals surface area contributed by atoms with Gasteiger partial charge in [0, 0.05) is 33.7 Å². The number of nitrogens with one attached hydrogen (secondary N) is 1. The van der Waals surface area contributed by atoms with Crippen molar-refractivity contribution in [3.8, 4) is 5.69 Å². The van der Waals surface area contributed by atoms with Crippen LogP contribution in [0.15, 0.2) is 54.7 Å². The minimum Gasteiger partial charge on any atom is -0.398 e. The largest absolute Gasteiger partial charge is 0.398 e. The Morgan fingerprint density at radius 2 is 2.00 bits per heavy atom. The Morgan fingerprint density at radius 1 is 1.18 bits per heavy atom. The van der Waals surface area contributed by atoms with E-state index in [2.05, 4.69) is 15.4 Å². The fourth-order valence-electron chi connectivity index (χ4n) is 3.03. The van der Waals surface area contributed by atoms with Crippen molar-refractivity contribution in [2.45, 2.75) is 6.92 Å². The number of fused-ring (bicyclic) bond motifs is 1. The molecule has 0 bridgehead atoms. The van der Waals surface area contributed by atoms with Crippen LogP contribution in [0.4, 0.5) is 15.9 Å². The minimum absolute atomic E-state index is 0.0696. The van der Waals surface area contributed by atoms with Gasteiger partial charge in [0.15, 0.2) is 0 Å². The predicted octanol–water partition coefficient (Wildman–Crippen LogP) is 4.36. The lowest BCUT2D eigenvalue weighted by atomic mass is 10.1. The van der Waals surface area contributed by atoms with Crippen molar-refractivity contribution in [1.82, 2.24) is 14.8 Å². The Kier molecular flexibility index (Phi) is 4.44. The third-order valence-electron chi connectivity index (χ3n) is 4.22. The number of anilines is 2. The zero-order valence-electron chi connectivity index (χ0n) is 14.8. The number of amides is 1. The van der Waals surface area contributed by atoms with Gasteiger partial charge < -0.3 is 11.1 Å². The zero-order chi connectivity index (χ0) is 19.8. The molecule has 0 fully saturated rings. The van der Waals surface area contributed by atoms with Crippen molar-refractivity contribution < 1.29 is 9.18 Å². The number of hydrogen-bond acceptors (Lipinski definition) is 4. The monoisotopic (exact) mass is 395 g/mol. The van der Waals surface area contributed by atoms with Crippen molar-refractivity contribution in [3.05, 3.63) is 77.0 Å². The maximum absolute atomic E-state index is 13.8. The number of pyridine rings is 1. The first-order valence-electron chi connectivity index (χ1n) is 8.40. The summed E-state index contributed by atoms with van der Waals surface area (Å²) in [6, 6.07) is 12.9. The molecule has 140 valence electrons. The Bertz CT molecular complexity index is 1220. The number of carbonyl (C=O) groups excluding carboxylic acids is 1. The molecular weight excluding hydrogens is 381 g/mol. The molecule has 2 aromatic carbocycles. The molecule has 0 atom stereocenters. The molecule has 1 amide bonds. The minimum atomic E-state index is -0.535. The van der Waals surface area contributed by atoms with Gasteiger partial charge in [-0.05, 0) is 43.3 Å². The number of aryl methyl sites for hydroxylation is 1. The summed E-state index contributed by atoms with van der Waals surface area (Å²) < 4.78 is 15.4. The Balaban J connectivity index is 1.76. The van der Waals surface area contributed by atoms with Gasteiger partial charge in [-0.3, -0.25) is 9.78 Å². The van der Waals surface area contributed by atoms with Gasteiger partial charge in [-0.2, -0.15) is 5.10 Å². The summed E-state index contributed by atoms with van der Waals surface area (Å²) in [5, 5.41) is 8.63. The second-order valence-corrected chi connectivity index (χ2v) is 6.70. The average molecular weight is 396 g/mol. The van der Waals surface area contributed by atoms with Crippen molar-refractivity contribution in [3.63, 3.8) is 0 Å². The van der Waals surface area contributed by atoms with Gasteiger partial charge >= 0.3 is 0 Å². The maximum atomic E-state index is 13.8. The summed E-state index contributed by atoms with van der Waals surface area (Å²) in [6.45, 7) is 1.81. The topological polar surface area (TPSA) is 85.8 Å². The van der Waals surface area contributed by atoms with Crippen LogP contribution >= 0.6 is 11.6 Å². The second-order valence-electron chi connectivity index (χ2n) is 6.27. The summed E-state index contributed by atoms with van der Waals surface area (Å²) in [4.78, 5) is 17.0. The molecule has 0 unspecified atom stereocenters. The summed E-state index contributed by atoms with van der Waals surface area (Å²) in [5.74, 6) is -0.599. The highest BCUT2D eigenvalue weighted by Gasteiger charge is 2.17. The molecule has 6 nitrogen and oxygen atoms in total. The number of hydrogen-bond donors (Lipinski definition) is 2. The lowest BCUT2D eigenvalue weighted by Gasteiger charge is -2.11. The Hall–Kier alpha value is -3.45. The number of benzene rings is 2. The van der Waals surface area contributed by atoms with Gasteiger partial charge in [0.2, 0.25) is 0 Å². The highest BCUT2D eigenvalue weighted by atomic mass is 35.5. The van der Waals surface area contributed by atoms with Gasteiger partial charge in [0.1, 0.15) is 17.3 Å². The van der Waals surface area contributed by atoms with Gasteiger partial charge in [0.25, 0.3) is 5.91 Å². The number of nitrogens with zero attached hydrogens (tertiary/aromatic N) is 3. The van der Waals surface area contributed by atoms with E-state index >= 15 is 0 Å². The summed E-state index contributed by atoms with van der Waals surface area (Å²) in [6.07, 6.45) is 1.46. The molecule has 0 spiro atoms. The van der Waals surface area contributed by atoms with Gasteiger partial charge in [-0.25, -0.2) is 9.07 Å². The summed E-state index contributed by atoms with van der Waals surface area (Å²) >= 11 is 6.06. The number of carbonyl (C=O) groups is 1. The lowest BCUT2D eigenvalue weighted by Crippen LogP contribution is -2.17. The molecule has 0 saturated carbocycles. The Labute approximate surface area is 164 Å². The molecule has 4 rings (SSSR count). The summed E-state index contributed by atoms with van der Waals surface area (Å²) in [7, 11) is 0. The molecule has 4 aromatic rings. The molecule has 3 N–H and O–H groups in total. The SMILES string of the molecule is Cc1cc(NC(=O)c2nccc3c(N)cc(F)cc23)n(-c2cccc(Cl)c2)n1. The third-order valence-corrected chi connectivity index (χ3v) is 4.45. The van der Waals surface area contributed by atoms with Gasteiger partial charge in [-0.15, -0.1) is 0 Å². The molecule has 2 aromatic heterocycles. The van der Waals surface area contributed by atoms with Crippen LogP contribution in [0.1, 0.15) is 16.2 Å². The lowest BCUT2D eigenvalue weighted by molar-refractivity contribution is 0.102. The van der Waals surface area contributed by atoms with E-state index in [1.807, 2.05) is 13.0 Å². The van der Waals surface area contributed by atoms with Crippen LogP contribution in [0, 0.1) is 12.7 Å². The first-order valence-corrected chi connectivity index (χ1v) is 8.78. The van der Waals surface area contributed by atoms with E-state index in [0.29, 0.717) is 33.0 Å². The third kappa shape index (κ3) is 3.27. The highest BCUT2D eigenvalue weighted by molar-refractivity contribution is 6.30. The van der Waals surface area contributed by atoms with E-state index in [1.54, 1.807) is 35.0 Å². The molecule has 0 aliphatic carbocycles. The molecule has 8 heteroatoms. The first-order chi connectivity index (χ1) is 13.4. The van der Waals surface area contributed by atoms with Crippen LogP contribution in [0.2, 0.25) is 5.02 Å². The normalized spacial score (nSPS) is 11.0. The van der Waals surface area contributed by atoms with Crippen LogP contribution in [0.5, 0.6) is 0 Å². The van der Waals surface area contributed by atoms with E-state index in [1.165, 1.54) is 18.3 Å². The van der Waals surface area contributed by atoms with Crippen molar-refractivity contribution in [1.29, 1.82) is 0 Å². The van der Waals surface area contributed by atoms with Crippen LogP contribution < -0.4 is 11.1 Å². The number of nitrogen functional groups attached to an aromatic ring is 1. The maximum Gasteiger partial charge on any atom is 0.276 e. The quantitative estimate of drug-likeness (QED) is 0.505. The molecule has 0 radical (unpaired) electrons. The number of halogens is 2. The average Bonchev–Trinajstić information content (AvgIpc) is 3.01. The molecule has 0 aliphatic rings. The second kappa shape index (κ2) is 6.94. The van der Waals surface area contributed by atoms with Crippen molar-refractivity contribution in [2.75, 3.05) is 11.1 Å². The highest BCUT2D eigenvalue weighted by Crippen LogP contribution is 2.26. The van der Waals surface area contributed by atoms with Gasteiger partial charge in [-0.1, -0.05) is 17.7 Å². The fourth-order valence-corrected chi connectivity index (χ4v) is 3.21. The van der Waals surface area contributed by atoms with Crippen LogP contribution in [0.3, 0.4) is 0 Å². The molecule has 0 saturated heterocycles. The van der Waals surface area contributed by atoms with Crippen molar-refractivity contribution >= 4 is 39.8 Å². The van der Waals surface area contributed by atoms with E-state index in [-0.39, 0.29) is 11.4 Å². The number of aromatic nitrogens is 3. The van der Waals surface area contributed by atoms with E-state index < -0.39 is 11.7 Å². The van der Waals surface area contributed by atoms with E-state index in [0.717, 1.165) is 0 Å². The van der Waals surface area contributed by atoms with Crippen molar-refractivity contribution in [2.24, 2.45) is 0 Å². The standard InChI is InChI=1S/C20H15ClFN5O/c1-11-7-18(27(26-11)14-4-2-3-12(21)8-14)25-20(28)19-16-9-13(22)10-17(23)15(16)5-6-24-19/h2-10H,23H2,1H3,(H,25,28). The predicted molar refractivity (Wildman–Crippen MR) is 107 cm³/mol. The smallest absolute Gasteiger partial charge is 0.276 e. The van der Waals surface area contributed by atoms with Crippen LogP contribution in [0.25, 0.3) is 16.5 Å². The van der Waals surface area contributed by atoms with Crippen LogP contribution in [-0.2, 0) is 0 Å². The van der Waals surface area contributed by atoms with Gasteiger partial charge in [0.05, 0.1) is 11.4 Å². The first kappa shape index (κ1) is 17.9. The fraction of sp³-hybridized carbons (Fsp3) is 0.0500. The zero-order valence-corrected chi connectivity index (χ0v) is 15.5. The van der Waals surface area contributed by atoms with E-state index in [9.17, 15) is 9.18 Å². The number of nitrogens with two attached hydrogens (primary N) is 1. The Morgan fingerprint density at radius 3 is 2.79 bits per heavy atom. The summed E-state index contributed by atoms with van der Waals surface area (Å²) in [5.41, 5.74) is 7.58. The van der Waals surface area contributed by atoms with E-state index in [4.69, 9.17) is 17.3 Å². The molecule has 28 heavy (non-hydrogen) atoms.